The van der Waals surface area contributed by atoms with Gasteiger partial charge in [0.05, 0.1) is 11.1 Å². The summed E-state index contributed by atoms with van der Waals surface area (Å²) in [6.45, 7) is 6.01. The fourth-order valence-corrected chi connectivity index (χ4v) is 2.11. The summed E-state index contributed by atoms with van der Waals surface area (Å²) in [6, 6.07) is 9.56. The van der Waals surface area contributed by atoms with Gasteiger partial charge in [-0.2, -0.15) is 5.10 Å². The lowest BCUT2D eigenvalue weighted by molar-refractivity contribution is -0.384. The Labute approximate surface area is 134 Å². The first kappa shape index (κ1) is 16.4. The number of nitrogens with one attached hydrogen (secondary N) is 1. The number of carbonyl (C=O) groups is 1. The maximum absolute atomic E-state index is 12.0. The number of benzene rings is 2. The molecule has 0 radical (unpaired) electrons. The van der Waals surface area contributed by atoms with Gasteiger partial charge in [-0.15, -0.1) is 0 Å². The summed E-state index contributed by atoms with van der Waals surface area (Å²) in [6.07, 6.45) is 1.57. The van der Waals surface area contributed by atoms with E-state index in [4.69, 9.17) is 0 Å². The van der Waals surface area contributed by atoms with Crippen molar-refractivity contribution < 1.29 is 9.72 Å². The van der Waals surface area contributed by atoms with E-state index in [0.29, 0.717) is 0 Å². The van der Waals surface area contributed by atoms with E-state index >= 15 is 0 Å². The highest BCUT2D eigenvalue weighted by Crippen LogP contribution is 2.14. The van der Waals surface area contributed by atoms with Crippen LogP contribution in [0.3, 0.4) is 0 Å². The summed E-state index contributed by atoms with van der Waals surface area (Å²) >= 11 is 0. The molecule has 0 atom stereocenters. The van der Waals surface area contributed by atoms with E-state index in [9.17, 15) is 14.9 Å². The topological polar surface area (TPSA) is 84.6 Å². The Hall–Kier alpha value is -3.02. The molecule has 6 heteroatoms. The van der Waals surface area contributed by atoms with E-state index in [1.807, 2.05) is 26.8 Å². The van der Waals surface area contributed by atoms with Gasteiger partial charge in [0.2, 0.25) is 0 Å². The fraction of sp³-hybridized carbons (Fsp3) is 0.176. The predicted octanol–water partition coefficient (Wildman–Crippen LogP) is 3.28. The van der Waals surface area contributed by atoms with Crippen molar-refractivity contribution in [3.63, 3.8) is 0 Å². The number of amides is 1. The molecule has 0 bridgehead atoms. The molecule has 118 valence electrons. The first-order valence-electron chi connectivity index (χ1n) is 7.04. The number of hydrazone groups is 1. The first-order chi connectivity index (χ1) is 10.9. The van der Waals surface area contributed by atoms with Crippen LogP contribution in [-0.2, 0) is 0 Å². The second-order valence-electron chi connectivity index (χ2n) is 5.30. The Bertz CT molecular complexity index is 798. The van der Waals surface area contributed by atoms with Crippen LogP contribution in [0.5, 0.6) is 0 Å². The number of nitrogens with zero attached hydrogens (tertiary/aromatic N) is 2. The zero-order valence-electron chi connectivity index (χ0n) is 13.2. The highest BCUT2D eigenvalue weighted by atomic mass is 16.6. The molecule has 2 aromatic rings. The Morgan fingerprint density at radius 1 is 1.13 bits per heavy atom. The molecule has 0 fully saturated rings. The third kappa shape index (κ3) is 4.00. The van der Waals surface area contributed by atoms with Crippen LogP contribution >= 0.6 is 0 Å². The highest BCUT2D eigenvalue weighted by Gasteiger charge is 2.10. The maximum Gasteiger partial charge on any atom is 0.271 e. The van der Waals surface area contributed by atoms with Gasteiger partial charge in [0, 0.05) is 17.7 Å². The molecule has 0 saturated carbocycles. The maximum atomic E-state index is 12.0. The van der Waals surface area contributed by atoms with Gasteiger partial charge < -0.3 is 0 Å². The number of hydrogen-bond acceptors (Lipinski definition) is 4. The van der Waals surface area contributed by atoms with E-state index in [-0.39, 0.29) is 11.3 Å². The lowest BCUT2D eigenvalue weighted by atomic mass is 10.0. The summed E-state index contributed by atoms with van der Waals surface area (Å²) in [5, 5.41) is 14.6. The third-order valence-electron chi connectivity index (χ3n) is 3.57. The lowest BCUT2D eigenvalue weighted by Crippen LogP contribution is -2.17. The molecule has 1 N–H and O–H groups in total. The smallest absolute Gasteiger partial charge is 0.267 e. The Kier molecular flexibility index (Phi) is 4.85. The number of hydrogen-bond donors (Lipinski definition) is 1. The van der Waals surface area contributed by atoms with E-state index in [1.165, 1.54) is 29.8 Å². The molecule has 0 spiro atoms. The van der Waals surface area contributed by atoms with Crippen LogP contribution < -0.4 is 5.43 Å². The minimum absolute atomic E-state index is 0.133. The minimum atomic E-state index is -0.543. The second kappa shape index (κ2) is 6.83. The average Bonchev–Trinajstić information content (AvgIpc) is 2.52. The lowest BCUT2D eigenvalue weighted by Gasteiger charge is -2.05. The van der Waals surface area contributed by atoms with Crippen molar-refractivity contribution in [2.24, 2.45) is 5.10 Å². The molecule has 2 aromatic carbocycles. The Morgan fingerprint density at radius 3 is 2.52 bits per heavy atom. The predicted molar refractivity (Wildman–Crippen MR) is 88.8 cm³/mol. The van der Waals surface area contributed by atoms with Crippen molar-refractivity contribution in [1.82, 2.24) is 5.43 Å². The van der Waals surface area contributed by atoms with E-state index in [1.54, 1.807) is 6.21 Å². The molecule has 0 unspecified atom stereocenters. The summed E-state index contributed by atoms with van der Waals surface area (Å²) in [4.78, 5) is 22.1. The number of aryl methyl sites for hydroxylation is 3. The molecule has 0 saturated heterocycles. The van der Waals surface area contributed by atoms with Gasteiger partial charge in [-0.25, -0.2) is 5.43 Å². The van der Waals surface area contributed by atoms with Crippen LogP contribution in [0.25, 0.3) is 0 Å². The third-order valence-corrected chi connectivity index (χ3v) is 3.57. The molecule has 2 rings (SSSR count). The molecule has 23 heavy (non-hydrogen) atoms. The summed E-state index contributed by atoms with van der Waals surface area (Å²) in [7, 11) is 0. The number of non-ortho nitro benzene ring substituents is 1. The summed E-state index contributed by atoms with van der Waals surface area (Å²) < 4.78 is 0. The molecule has 0 aliphatic rings. The van der Waals surface area contributed by atoms with E-state index < -0.39 is 10.8 Å². The van der Waals surface area contributed by atoms with Crippen molar-refractivity contribution in [3.8, 4) is 0 Å². The highest BCUT2D eigenvalue weighted by molar-refractivity contribution is 5.95. The van der Waals surface area contributed by atoms with Crippen LogP contribution in [0.2, 0.25) is 0 Å². The zero-order valence-corrected chi connectivity index (χ0v) is 13.2. The van der Waals surface area contributed by atoms with Crippen molar-refractivity contribution in [2.75, 3.05) is 0 Å². The molecule has 0 aliphatic heterocycles. The monoisotopic (exact) mass is 311 g/mol. The molecular formula is C17H17N3O3. The molecule has 1 amide bonds. The van der Waals surface area contributed by atoms with Gasteiger partial charge >= 0.3 is 0 Å². The second-order valence-corrected chi connectivity index (χ2v) is 5.30. The van der Waals surface area contributed by atoms with E-state index in [2.05, 4.69) is 16.6 Å². The van der Waals surface area contributed by atoms with Crippen LogP contribution in [0, 0.1) is 30.9 Å². The first-order valence-corrected chi connectivity index (χ1v) is 7.04. The van der Waals surface area contributed by atoms with Crippen LogP contribution in [-0.4, -0.2) is 17.0 Å². The summed E-state index contributed by atoms with van der Waals surface area (Å²) in [5.74, 6) is -0.494. The normalized spacial score (nSPS) is 10.7. The van der Waals surface area contributed by atoms with Gasteiger partial charge in [-0.05, 0) is 55.2 Å². The SMILES string of the molecule is Cc1cc(C)c(/C=N\NC(=O)c2cccc([N+](=O)[O-])c2)cc1C. The molecule has 0 heterocycles. The van der Waals surface area contributed by atoms with E-state index in [0.717, 1.165) is 16.7 Å². The van der Waals surface area contributed by atoms with Crippen LogP contribution in [0.4, 0.5) is 5.69 Å². The molecular weight excluding hydrogens is 294 g/mol. The van der Waals surface area contributed by atoms with Gasteiger partial charge in [0.15, 0.2) is 0 Å². The quantitative estimate of drug-likeness (QED) is 0.534. The number of nitro benzene ring substituents is 1. The standard InChI is InChI=1S/C17H17N3O3/c1-11-7-13(3)15(8-12(11)2)10-18-19-17(21)14-5-4-6-16(9-14)20(22)23/h4-10H,1-3H3,(H,19,21)/b18-10-. The van der Waals surface area contributed by atoms with Crippen LogP contribution in [0.1, 0.15) is 32.6 Å². The van der Waals surface area contributed by atoms with Crippen molar-refractivity contribution in [1.29, 1.82) is 0 Å². The Balaban J connectivity index is 2.11. The number of rotatable bonds is 4. The van der Waals surface area contributed by atoms with Crippen molar-refractivity contribution >= 4 is 17.8 Å². The van der Waals surface area contributed by atoms with Gasteiger partial charge in [-0.1, -0.05) is 12.1 Å². The number of carbonyl (C=O) groups excluding carboxylic acids is 1. The molecule has 0 aromatic heterocycles. The Morgan fingerprint density at radius 2 is 1.83 bits per heavy atom. The van der Waals surface area contributed by atoms with Crippen molar-refractivity contribution in [2.45, 2.75) is 20.8 Å². The fourth-order valence-electron chi connectivity index (χ4n) is 2.11. The molecule has 6 nitrogen and oxygen atoms in total. The molecule has 0 aliphatic carbocycles. The largest absolute Gasteiger partial charge is 0.271 e. The van der Waals surface area contributed by atoms with Gasteiger partial charge in [-0.3, -0.25) is 14.9 Å². The minimum Gasteiger partial charge on any atom is -0.267 e. The van der Waals surface area contributed by atoms with Gasteiger partial charge in [0.1, 0.15) is 0 Å². The van der Waals surface area contributed by atoms with Crippen LogP contribution in [0.15, 0.2) is 41.5 Å². The number of nitro groups is 1. The zero-order chi connectivity index (χ0) is 17.0. The average molecular weight is 311 g/mol. The van der Waals surface area contributed by atoms with Crippen molar-refractivity contribution in [3.05, 3.63) is 74.3 Å². The summed E-state index contributed by atoms with van der Waals surface area (Å²) in [5.41, 5.74) is 6.74. The van der Waals surface area contributed by atoms with Gasteiger partial charge in [0.25, 0.3) is 11.6 Å².